The quantitative estimate of drug-likeness (QED) is 0.543. The van der Waals surface area contributed by atoms with E-state index >= 15 is 0 Å². The van der Waals surface area contributed by atoms with E-state index in [4.69, 9.17) is 4.74 Å². The Bertz CT molecular complexity index is 940. The van der Waals surface area contributed by atoms with Crippen molar-refractivity contribution in [2.45, 2.75) is 18.6 Å². The van der Waals surface area contributed by atoms with Gasteiger partial charge in [0.2, 0.25) is 0 Å². The van der Waals surface area contributed by atoms with E-state index < -0.39 is 11.0 Å². The standard InChI is InChI=1S/C22H19NO4/c24-21-18-8-4-5-9-20(18)27-22(16-6-2-1-3-7-16)19(21)14-15-10-12-17(13-11-15)23(25)26/h1-13,19,21-22,24H,14H2/t19-,21+,22+/m0/s1. The molecule has 0 unspecified atom stereocenters. The summed E-state index contributed by atoms with van der Waals surface area (Å²) in [4.78, 5) is 10.5. The normalized spacial score (nSPS) is 21.1. The van der Waals surface area contributed by atoms with Crippen LogP contribution in [0.1, 0.15) is 28.9 Å². The highest BCUT2D eigenvalue weighted by Gasteiger charge is 2.38. The van der Waals surface area contributed by atoms with Gasteiger partial charge in [-0.1, -0.05) is 60.7 Å². The molecule has 0 spiro atoms. The molecule has 0 amide bonds. The summed E-state index contributed by atoms with van der Waals surface area (Å²) < 4.78 is 6.27. The molecule has 5 nitrogen and oxygen atoms in total. The van der Waals surface area contributed by atoms with Crippen LogP contribution in [0, 0.1) is 16.0 Å². The molecule has 4 rings (SSSR count). The zero-order valence-corrected chi connectivity index (χ0v) is 14.6. The molecule has 0 bridgehead atoms. The molecule has 3 atom stereocenters. The maximum absolute atomic E-state index is 11.1. The molecule has 0 aliphatic carbocycles. The van der Waals surface area contributed by atoms with Gasteiger partial charge in [-0.25, -0.2) is 0 Å². The minimum atomic E-state index is -0.685. The van der Waals surface area contributed by atoms with Crippen LogP contribution in [0.3, 0.4) is 0 Å². The predicted molar refractivity (Wildman–Crippen MR) is 102 cm³/mol. The Morgan fingerprint density at radius 2 is 1.59 bits per heavy atom. The Balaban J connectivity index is 1.69. The highest BCUT2D eigenvalue weighted by atomic mass is 16.6. The van der Waals surface area contributed by atoms with Crippen LogP contribution in [0.15, 0.2) is 78.9 Å². The van der Waals surface area contributed by atoms with Crippen molar-refractivity contribution in [1.82, 2.24) is 0 Å². The number of hydrogen-bond acceptors (Lipinski definition) is 4. The molecular formula is C22H19NO4. The lowest BCUT2D eigenvalue weighted by molar-refractivity contribution is -0.384. The molecule has 0 aromatic heterocycles. The van der Waals surface area contributed by atoms with E-state index in [0.717, 1.165) is 16.7 Å². The first kappa shape index (κ1) is 17.2. The molecule has 1 N–H and O–H groups in total. The number of benzene rings is 3. The third-order valence-electron chi connectivity index (χ3n) is 5.03. The number of hydrogen-bond donors (Lipinski definition) is 1. The minimum absolute atomic E-state index is 0.0594. The van der Waals surface area contributed by atoms with Crippen LogP contribution in [-0.2, 0) is 6.42 Å². The Morgan fingerprint density at radius 1 is 0.926 bits per heavy atom. The number of para-hydroxylation sites is 1. The molecule has 0 saturated carbocycles. The highest BCUT2D eigenvalue weighted by molar-refractivity contribution is 5.40. The lowest BCUT2D eigenvalue weighted by Crippen LogP contribution is -2.31. The number of rotatable bonds is 4. The monoisotopic (exact) mass is 361 g/mol. The molecule has 0 saturated heterocycles. The number of aliphatic hydroxyl groups is 1. The lowest BCUT2D eigenvalue weighted by Gasteiger charge is -2.37. The Morgan fingerprint density at radius 3 is 2.30 bits per heavy atom. The summed E-state index contributed by atoms with van der Waals surface area (Å²) in [5.74, 6) is 0.488. The van der Waals surface area contributed by atoms with Crippen molar-refractivity contribution in [2.24, 2.45) is 5.92 Å². The minimum Gasteiger partial charge on any atom is -0.485 e. The van der Waals surface area contributed by atoms with Gasteiger partial charge in [-0.3, -0.25) is 10.1 Å². The van der Waals surface area contributed by atoms with Gasteiger partial charge < -0.3 is 9.84 Å². The smallest absolute Gasteiger partial charge is 0.269 e. The van der Waals surface area contributed by atoms with E-state index in [-0.39, 0.29) is 17.7 Å². The average molecular weight is 361 g/mol. The molecule has 0 fully saturated rings. The van der Waals surface area contributed by atoms with Crippen LogP contribution in [-0.4, -0.2) is 10.0 Å². The second-order valence-corrected chi connectivity index (χ2v) is 6.72. The average Bonchev–Trinajstić information content (AvgIpc) is 2.71. The zero-order chi connectivity index (χ0) is 18.8. The van der Waals surface area contributed by atoms with Gasteiger partial charge >= 0.3 is 0 Å². The molecule has 3 aromatic carbocycles. The van der Waals surface area contributed by atoms with Crippen LogP contribution in [0.2, 0.25) is 0 Å². The van der Waals surface area contributed by atoms with Gasteiger partial charge in [-0.15, -0.1) is 0 Å². The second-order valence-electron chi connectivity index (χ2n) is 6.72. The van der Waals surface area contributed by atoms with Crippen molar-refractivity contribution in [3.05, 3.63) is 106 Å². The first-order valence-corrected chi connectivity index (χ1v) is 8.85. The number of nitro groups is 1. The maximum atomic E-state index is 11.1. The molecule has 1 aliphatic rings. The molecule has 27 heavy (non-hydrogen) atoms. The number of fused-ring (bicyclic) bond motifs is 1. The highest BCUT2D eigenvalue weighted by Crippen LogP contribution is 2.46. The Kier molecular flexibility index (Phi) is 4.60. The van der Waals surface area contributed by atoms with Gasteiger partial charge in [0, 0.05) is 23.6 Å². The number of ether oxygens (including phenoxy) is 1. The van der Waals surface area contributed by atoms with Gasteiger partial charge in [-0.2, -0.15) is 0 Å². The fourth-order valence-corrected chi connectivity index (χ4v) is 3.66. The summed E-state index contributed by atoms with van der Waals surface area (Å²) in [6, 6.07) is 23.9. The summed E-state index contributed by atoms with van der Waals surface area (Å²) >= 11 is 0. The lowest BCUT2D eigenvalue weighted by atomic mass is 9.80. The van der Waals surface area contributed by atoms with E-state index in [1.807, 2.05) is 54.6 Å². The topological polar surface area (TPSA) is 72.6 Å². The van der Waals surface area contributed by atoms with Gasteiger partial charge in [0.05, 0.1) is 11.0 Å². The van der Waals surface area contributed by atoms with E-state index in [9.17, 15) is 15.2 Å². The van der Waals surface area contributed by atoms with Crippen molar-refractivity contribution < 1.29 is 14.8 Å². The predicted octanol–water partition coefficient (Wildman–Crippen LogP) is 4.62. The molecular weight excluding hydrogens is 342 g/mol. The van der Waals surface area contributed by atoms with E-state index in [1.54, 1.807) is 12.1 Å². The summed E-state index contributed by atoms with van der Waals surface area (Å²) in [6.45, 7) is 0. The summed E-state index contributed by atoms with van der Waals surface area (Å²) in [5, 5.41) is 21.9. The van der Waals surface area contributed by atoms with Gasteiger partial charge in [0.15, 0.2) is 0 Å². The van der Waals surface area contributed by atoms with Gasteiger partial charge in [-0.05, 0) is 23.6 Å². The van der Waals surface area contributed by atoms with E-state index in [0.29, 0.717) is 12.2 Å². The molecule has 3 aromatic rings. The van der Waals surface area contributed by atoms with Crippen molar-refractivity contribution >= 4 is 5.69 Å². The fraction of sp³-hybridized carbons (Fsp3) is 0.182. The van der Waals surface area contributed by atoms with Crippen molar-refractivity contribution in [2.75, 3.05) is 0 Å². The third kappa shape index (κ3) is 3.41. The first-order chi connectivity index (χ1) is 13.1. The van der Waals surface area contributed by atoms with Crippen LogP contribution < -0.4 is 4.74 Å². The van der Waals surface area contributed by atoms with E-state index in [1.165, 1.54) is 12.1 Å². The number of nitrogens with zero attached hydrogens (tertiary/aromatic N) is 1. The summed E-state index contributed by atoms with van der Waals surface area (Å²) in [7, 11) is 0. The Hall–Kier alpha value is -3.18. The molecule has 1 heterocycles. The first-order valence-electron chi connectivity index (χ1n) is 8.85. The van der Waals surface area contributed by atoms with Crippen LogP contribution in [0.5, 0.6) is 5.75 Å². The Labute approximate surface area is 157 Å². The number of aliphatic hydroxyl groups excluding tert-OH is 1. The SMILES string of the molecule is O=[N+]([O-])c1ccc(C[C@H]2[C@H](O)c3ccccc3O[C@@H]2c2ccccc2)cc1. The zero-order valence-electron chi connectivity index (χ0n) is 14.6. The molecule has 136 valence electrons. The summed E-state index contributed by atoms with van der Waals surface area (Å²) in [6.07, 6.45) is -0.436. The van der Waals surface area contributed by atoms with Crippen molar-refractivity contribution in [3.63, 3.8) is 0 Å². The van der Waals surface area contributed by atoms with Crippen molar-refractivity contribution in [1.29, 1.82) is 0 Å². The molecule has 0 radical (unpaired) electrons. The maximum Gasteiger partial charge on any atom is 0.269 e. The molecule has 5 heteroatoms. The summed E-state index contributed by atoms with van der Waals surface area (Å²) in [5.41, 5.74) is 2.76. The van der Waals surface area contributed by atoms with Gasteiger partial charge in [0.25, 0.3) is 5.69 Å². The number of nitro benzene ring substituents is 1. The number of non-ortho nitro benzene ring substituents is 1. The van der Waals surface area contributed by atoms with Crippen molar-refractivity contribution in [3.8, 4) is 5.75 Å². The van der Waals surface area contributed by atoms with Crippen LogP contribution >= 0.6 is 0 Å². The van der Waals surface area contributed by atoms with Gasteiger partial charge in [0.1, 0.15) is 11.9 Å². The van der Waals surface area contributed by atoms with Crippen LogP contribution in [0.4, 0.5) is 5.69 Å². The fourth-order valence-electron chi connectivity index (χ4n) is 3.66. The third-order valence-corrected chi connectivity index (χ3v) is 5.03. The second kappa shape index (κ2) is 7.21. The van der Waals surface area contributed by atoms with E-state index in [2.05, 4.69) is 0 Å². The van der Waals surface area contributed by atoms with Crippen LogP contribution in [0.25, 0.3) is 0 Å². The molecule has 1 aliphatic heterocycles. The largest absolute Gasteiger partial charge is 0.485 e.